The summed E-state index contributed by atoms with van der Waals surface area (Å²) >= 11 is 5.52. The van der Waals surface area contributed by atoms with E-state index in [9.17, 15) is 14.7 Å². The molecule has 2 unspecified atom stereocenters. The number of nitrogens with one attached hydrogen (secondary N) is 2. The average molecular weight is 329 g/mol. The molecule has 0 radical (unpaired) electrons. The zero-order chi connectivity index (χ0) is 16.5. The molecule has 6 nitrogen and oxygen atoms in total. The number of hydrogen-bond donors (Lipinski definition) is 3. The SMILES string of the molecule is COC(=O)C(Cc1ccc(NCC(O)CCl)cc1)NC(C)=O. The van der Waals surface area contributed by atoms with Crippen molar-refractivity contribution < 1.29 is 19.4 Å². The molecule has 0 spiro atoms. The van der Waals surface area contributed by atoms with Crippen molar-refractivity contribution in [1.29, 1.82) is 0 Å². The lowest BCUT2D eigenvalue weighted by molar-refractivity contribution is -0.144. The molecule has 0 saturated heterocycles. The zero-order valence-electron chi connectivity index (χ0n) is 12.6. The highest BCUT2D eigenvalue weighted by Crippen LogP contribution is 2.12. The number of anilines is 1. The first-order valence-corrected chi connectivity index (χ1v) is 7.41. The van der Waals surface area contributed by atoms with Crippen molar-refractivity contribution in [3.63, 3.8) is 0 Å². The minimum absolute atomic E-state index is 0.169. The number of aliphatic hydroxyl groups excluding tert-OH is 1. The molecule has 1 aromatic rings. The number of benzene rings is 1. The number of methoxy groups -OCH3 is 1. The molecule has 1 aromatic carbocycles. The van der Waals surface area contributed by atoms with Gasteiger partial charge in [0.25, 0.3) is 0 Å². The summed E-state index contributed by atoms with van der Waals surface area (Å²) in [5, 5.41) is 15.0. The molecule has 0 saturated carbocycles. The smallest absolute Gasteiger partial charge is 0.328 e. The summed E-state index contributed by atoms with van der Waals surface area (Å²) in [4.78, 5) is 22.8. The van der Waals surface area contributed by atoms with Crippen LogP contribution in [0.4, 0.5) is 5.69 Å². The van der Waals surface area contributed by atoms with Crippen molar-refractivity contribution >= 4 is 29.2 Å². The monoisotopic (exact) mass is 328 g/mol. The Kier molecular flexibility index (Phi) is 7.70. The Bertz CT molecular complexity index is 493. The third-order valence-corrected chi connectivity index (χ3v) is 3.33. The Hall–Kier alpha value is -1.79. The summed E-state index contributed by atoms with van der Waals surface area (Å²) in [7, 11) is 1.28. The number of carbonyl (C=O) groups is 2. The predicted molar refractivity (Wildman–Crippen MR) is 85.0 cm³/mol. The van der Waals surface area contributed by atoms with Crippen LogP contribution in [0.3, 0.4) is 0 Å². The van der Waals surface area contributed by atoms with Gasteiger partial charge in [0, 0.05) is 25.6 Å². The van der Waals surface area contributed by atoms with Gasteiger partial charge >= 0.3 is 5.97 Å². The Morgan fingerprint density at radius 1 is 1.32 bits per heavy atom. The molecule has 0 fully saturated rings. The van der Waals surface area contributed by atoms with E-state index in [-0.39, 0.29) is 11.8 Å². The van der Waals surface area contributed by atoms with Gasteiger partial charge in [0.1, 0.15) is 6.04 Å². The first-order valence-electron chi connectivity index (χ1n) is 6.88. The lowest BCUT2D eigenvalue weighted by atomic mass is 10.1. The second-order valence-electron chi connectivity index (χ2n) is 4.87. The molecule has 0 aliphatic carbocycles. The summed E-state index contributed by atoms with van der Waals surface area (Å²) in [6.07, 6.45) is -0.263. The van der Waals surface area contributed by atoms with Crippen LogP contribution < -0.4 is 10.6 Å². The number of ether oxygens (including phenoxy) is 1. The Balaban J connectivity index is 2.64. The van der Waals surface area contributed by atoms with Gasteiger partial charge in [-0.25, -0.2) is 4.79 Å². The molecule has 0 bridgehead atoms. The highest BCUT2D eigenvalue weighted by atomic mass is 35.5. The fourth-order valence-electron chi connectivity index (χ4n) is 1.87. The highest BCUT2D eigenvalue weighted by Gasteiger charge is 2.20. The van der Waals surface area contributed by atoms with Gasteiger partial charge in [-0.2, -0.15) is 0 Å². The number of rotatable bonds is 8. The lowest BCUT2D eigenvalue weighted by Crippen LogP contribution is -2.41. The summed E-state index contributed by atoms with van der Waals surface area (Å²) in [6.45, 7) is 1.71. The van der Waals surface area contributed by atoms with Crippen LogP contribution in [0.1, 0.15) is 12.5 Å². The standard InChI is InChI=1S/C15H21ClN2O4/c1-10(19)18-14(15(21)22-2)7-11-3-5-12(6-4-11)17-9-13(20)8-16/h3-6,13-14,17,20H,7-9H2,1-2H3,(H,18,19). The van der Waals surface area contributed by atoms with Gasteiger partial charge in [-0.1, -0.05) is 12.1 Å². The van der Waals surface area contributed by atoms with Crippen LogP contribution in [-0.2, 0) is 20.7 Å². The van der Waals surface area contributed by atoms with Gasteiger partial charge in [-0.15, -0.1) is 11.6 Å². The van der Waals surface area contributed by atoms with Crippen LogP contribution in [0.2, 0.25) is 0 Å². The van der Waals surface area contributed by atoms with E-state index in [1.807, 2.05) is 24.3 Å². The number of alkyl halides is 1. The number of carbonyl (C=O) groups excluding carboxylic acids is 2. The van der Waals surface area contributed by atoms with Crippen molar-refractivity contribution in [2.24, 2.45) is 0 Å². The molecule has 1 rings (SSSR count). The molecular weight excluding hydrogens is 308 g/mol. The summed E-state index contributed by atoms with van der Waals surface area (Å²) in [5.74, 6) is -0.603. The highest BCUT2D eigenvalue weighted by molar-refractivity contribution is 6.18. The molecule has 0 heterocycles. The van der Waals surface area contributed by atoms with E-state index in [0.29, 0.717) is 13.0 Å². The predicted octanol–water partition coefficient (Wildman–Crippen LogP) is 0.918. The van der Waals surface area contributed by atoms with E-state index in [1.54, 1.807) is 0 Å². The molecule has 0 aliphatic heterocycles. The number of hydrogen-bond acceptors (Lipinski definition) is 5. The van der Waals surface area contributed by atoms with Crippen molar-refractivity contribution in [2.75, 3.05) is 24.9 Å². The number of aliphatic hydroxyl groups is 1. The van der Waals surface area contributed by atoms with E-state index in [2.05, 4.69) is 15.4 Å². The third-order valence-electron chi connectivity index (χ3n) is 2.98. The number of halogens is 1. The first kappa shape index (κ1) is 18.3. The summed E-state index contributed by atoms with van der Waals surface area (Å²) < 4.78 is 4.68. The zero-order valence-corrected chi connectivity index (χ0v) is 13.4. The second-order valence-corrected chi connectivity index (χ2v) is 5.17. The maximum Gasteiger partial charge on any atom is 0.328 e. The molecule has 122 valence electrons. The first-order chi connectivity index (χ1) is 10.5. The van der Waals surface area contributed by atoms with Crippen molar-refractivity contribution in [2.45, 2.75) is 25.5 Å². The molecular formula is C15H21ClN2O4. The second kappa shape index (κ2) is 9.27. The average Bonchev–Trinajstić information content (AvgIpc) is 2.51. The van der Waals surface area contributed by atoms with E-state index in [4.69, 9.17) is 11.6 Å². The molecule has 1 amide bonds. The van der Waals surface area contributed by atoms with Gasteiger partial charge in [0.15, 0.2) is 0 Å². The van der Waals surface area contributed by atoms with Crippen LogP contribution in [-0.4, -0.2) is 48.7 Å². The normalized spacial score (nSPS) is 13.1. The van der Waals surface area contributed by atoms with Crippen LogP contribution in [0, 0.1) is 0 Å². The fourth-order valence-corrected chi connectivity index (χ4v) is 1.97. The Morgan fingerprint density at radius 2 is 1.95 bits per heavy atom. The van der Waals surface area contributed by atoms with Crippen molar-refractivity contribution in [3.05, 3.63) is 29.8 Å². The molecule has 2 atom stereocenters. The molecule has 7 heteroatoms. The lowest BCUT2D eigenvalue weighted by Gasteiger charge is -2.16. The maximum absolute atomic E-state index is 11.6. The maximum atomic E-state index is 11.6. The molecule has 3 N–H and O–H groups in total. The quantitative estimate of drug-likeness (QED) is 0.488. The fraction of sp³-hybridized carbons (Fsp3) is 0.467. The van der Waals surface area contributed by atoms with Gasteiger partial charge in [-0.3, -0.25) is 4.79 Å². The van der Waals surface area contributed by atoms with Gasteiger partial charge < -0.3 is 20.5 Å². The van der Waals surface area contributed by atoms with E-state index in [1.165, 1.54) is 14.0 Å². The Labute approximate surface area is 134 Å². The number of amides is 1. The van der Waals surface area contributed by atoms with E-state index < -0.39 is 18.1 Å². The molecule has 0 aliphatic rings. The molecule has 22 heavy (non-hydrogen) atoms. The minimum Gasteiger partial charge on any atom is -0.467 e. The largest absolute Gasteiger partial charge is 0.467 e. The van der Waals surface area contributed by atoms with E-state index in [0.717, 1.165) is 11.3 Å². The third kappa shape index (κ3) is 6.32. The summed E-state index contributed by atoms with van der Waals surface area (Å²) in [5.41, 5.74) is 1.72. The van der Waals surface area contributed by atoms with Crippen LogP contribution in [0.25, 0.3) is 0 Å². The minimum atomic E-state index is -0.709. The number of esters is 1. The van der Waals surface area contributed by atoms with Gasteiger partial charge in [-0.05, 0) is 17.7 Å². The van der Waals surface area contributed by atoms with Gasteiger partial charge in [0.2, 0.25) is 5.91 Å². The van der Waals surface area contributed by atoms with Crippen LogP contribution in [0.15, 0.2) is 24.3 Å². The van der Waals surface area contributed by atoms with E-state index >= 15 is 0 Å². The van der Waals surface area contributed by atoms with Gasteiger partial charge in [0.05, 0.1) is 19.1 Å². The van der Waals surface area contributed by atoms with Crippen molar-refractivity contribution in [1.82, 2.24) is 5.32 Å². The Morgan fingerprint density at radius 3 is 2.45 bits per heavy atom. The van der Waals surface area contributed by atoms with Crippen LogP contribution in [0.5, 0.6) is 0 Å². The topological polar surface area (TPSA) is 87.7 Å². The van der Waals surface area contributed by atoms with Crippen molar-refractivity contribution in [3.8, 4) is 0 Å². The summed E-state index contributed by atoms with van der Waals surface area (Å²) in [6, 6.07) is 6.64. The van der Waals surface area contributed by atoms with Crippen LogP contribution >= 0.6 is 11.6 Å². The molecule has 0 aromatic heterocycles.